The van der Waals surface area contributed by atoms with E-state index in [2.05, 4.69) is 33.4 Å². The molecule has 0 N–H and O–H groups in total. The van der Waals surface area contributed by atoms with Gasteiger partial charge in [-0.2, -0.15) is 0 Å². The molecule has 0 saturated carbocycles. The van der Waals surface area contributed by atoms with Gasteiger partial charge in [-0.05, 0) is 23.1 Å². The summed E-state index contributed by atoms with van der Waals surface area (Å²) in [5.74, 6) is 0.539. The van der Waals surface area contributed by atoms with Crippen LogP contribution in [0.2, 0.25) is 0 Å². The van der Waals surface area contributed by atoms with E-state index in [0.717, 1.165) is 5.56 Å². The lowest BCUT2D eigenvalue weighted by Gasteiger charge is -2.19. The van der Waals surface area contributed by atoms with Crippen molar-refractivity contribution in [3.05, 3.63) is 29.8 Å². The van der Waals surface area contributed by atoms with Gasteiger partial charge >= 0.3 is 5.30 Å². The van der Waals surface area contributed by atoms with Crippen LogP contribution >= 0.6 is 12.6 Å². The Morgan fingerprint density at radius 1 is 1.36 bits per heavy atom. The Labute approximate surface area is 89.7 Å². The topological polar surface area (TPSA) is 26.3 Å². The number of thiol groups is 1. The van der Waals surface area contributed by atoms with Crippen LogP contribution in [0.15, 0.2) is 24.3 Å². The molecular weight excluding hydrogens is 196 g/mol. The summed E-state index contributed by atoms with van der Waals surface area (Å²) in [5, 5.41) is -0.587. The van der Waals surface area contributed by atoms with Gasteiger partial charge in [-0.3, -0.25) is 0 Å². The van der Waals surface area contributed by atoms with E-state index in [-0.39, 0.29) is 5.41 Å². The van der Waals surface area contributed by atoms with Crippen LogP contribution in [0.3, 0.4) is 0 Å². The van der Waals surface area contributed by atoms with Gasteiger partial charge in [0.1, 0.15) is 5.75 Å². The quantitative estimate of drug-likeness (QED) is 0.568. The van der Waals surface area contributed by atoms with E-state index in [0.29, 0.717) is 5.75 Å². The second-order valence-corrected chi connectivity index (χ2v) is 4.51. The number of carbonyl (C=O) groups excluding carboxylic acids is 1. The first-order valence-corrected chi connectivity index (χ1v) is 4.85. The molecule has 1 aromatic rings. The molecule has 76 valence electrons. The lowest BCUT2D eigenvalue weighted by Crippen LogP contribution is -2.11. The molecule has 0 atom stereocenters. The molecule has 0 heterocycles. The average Bonchev–Trinajstić information content (AvgIpc) is 2.01. The molecule has 0 aliphatic carbocycles. The molecule has 0 aliphatic heterocycles. The molecule has 0 unspecified atom stereocenters. The van der Waals surface area contributed by atoms with Crippen molar-refractivity contribution in [3.8, 4) is 5.75 Å². The molecule has 0 bridgehead atoms. The molecule has 0 saturated heterocycles. The molecule has 1 rings (SSSR count). The van der Waals surface area contributed by atoms with Crippen molar-refractivity contribution >= 4 is 17.9 Å². The second kappa shape index (κ2) is 4.05. The summed E-state index contributed by atoms with van der Waals surface area (Å²) < 4.78 is 4.88. The van der Waals surface area contributed by atoms with Crippen LogP contribution in [0, 0.1) is 0 Å². The maximum absolute atomic E-state index is 10.6. The average molecular weight is 210 g/mol. The van der Waals surface area contributed by atoms with Gasteiger partial charge in [0.15, 0.2) is 0 Å². The third-order valence-corrected chi connectivity index (χ3v) is 2.00. The summed E-state index contributed by atoms with van der Waals surface area (Å²) >= 11 is 3.56. The van der Waals surface area contributed by atoms with E-state index < -0.39 is 5.30 Å². The van der Waals surface area contributed by atoms with E-state index in [1.165, 1.54) is 0 Å². The van der Waals surface area contributed by atoms with Gasteiger partial charge in [0, 0.05) is 0 Å². The molecule has 0 amide bonds. The predicted octanol–water partition coefficient (Wildman–Crippen LogP) is 3.41. The van der Waals surface area contributed by atoms with Gasteiger partial charge in [-0.1, -0.05) is 45.5 Å². The second-order valence-electron chi connectivity index (χ2n) is 4.15. The van der Waals surface area contributed by atoms with E-state index in [4.69, 9.17) is 4.74 Å². The Balaban J connectivity index is 2.95. The van der Waals surface area contributed by atoms with E-state index >= 15 is 0 Å². The monoisotopic (exact) mass is 210 g/mol. The summed E-state index contributed by atoms with van der Waals surface area (Å²) in [7, 11) is 0. The standard InChI is InChI=1S/C11H14O2S/c1-11(2,3)8-5-4-6-9(7-8)13-10(12)14/h4-7H,1-3H3,(H,12,14). The Bertz CT molecular complexity index is 339. The molecule has 0 fully saturated rings. The Hall–Kier alpha value is -0.960. The zero-order valence-corrected chi connectivity index (χ0v) is 9.47. The van der Waals surface area contributed by atoms with Crippen molar-refractivity contribution in [2.24, 2.45) is 0 Å². The van der Waals surface area contributed by atoms with Crippen molar-refractivity contribution in [1.29, 1.82) is 0 Å². The maximum atomic E-state index is 10.6. The first-order valence-electron chi connectivity index (χ1n) is 4.41. The number of hydrogen-bond donors (Lipinski definition) is 1. The van der Waals surface area contributed by atoms with Crippen molar-refractivity contribution in [2.45, 2.75) is 26.2 Å². The molecule has 0 radical (unpaired) electrons. The van der Waals surface area contributed by atoms with Crippen LogP contribution in [-0.2, 0) is 5.41 Å². The van der Waals surface area contributed by atoms with E-state index in [9.17, 15) is 4.79 Å². The van der Waals surface area contributed by atoms with Crippen LogP contribution in [0.1, 0.15) is 26.3 Å². The molecule has 0 spiro atoms. The fourth-order valence-electron chi connectivity index (χ4n) is 1.13. The minimum absolute atomic E-state index is 0.0546. The highest BCUT2D eigenvalue weighted by Gasteiger charge is 2.14. The number of rotatable bonds is 1. The summed E-state index contributed by atoms with van der Waals surface area (Å²) in [6.45, 7) is 6.32. The molecular formula is C11H14O2S. The first-order chi connectivity index (χ1) is 6.39. The Kier molecular flexibility index (Phi) is 3.21. The summed E-state index contributed by atoms with van der Waals surface area (Å²) in [5.41, 5.74) is 1.18. The minimum atomic E-state index is -0.587. The Morgan fingerprint density at radius 2 is 2.00 bits per heavy atom. The molecule has 0 aromatic heterocycles. The van der Waals surface area contributed by atoms with Crippen LogP contribution < -0.4 is 4.74 Å². The van der Waals surface area contributed by atoms with Gasteiger partial charge in [-0.15, -0.1) is 0 Å². The Morgan fingerprint density at radius 3 is 2.50 bits per heavy atom. The van der Waals surface area contributed by atoms with Gasteiger partial charge < -0.3 is 4.74 Å². The van der Waals surface area contributed by atoms with Gasteiger partial charge in [0.2, 0.25) is 0 Å². The highest BCUT2D eigenvalue weighted by Crippen LogP contribution is 2.25. The molecule has 3 heteroatoms. The number of hydrogen-bond acceptors (Lipinski definition) is 2. The van der Waals surface area contributed by atoms with Crippen LogP contribution in [-0.4, -0.2) is 5.30 Å². The zero-order valence-electron chi connectivity index (χ0n) is 8.57. The van der Waals surface area contributed by atoms with Gasteiger partial charge in [0.05, 0.1) is 0 Å². The molecule has 0 aliphatic rings. The van der Waals surface area contributed by atoms with Gasteiger partial charge in [0.25, 0.3) is 0 Å². The normalized spacial score (nSPS) is 11.1. The zero-order chi connectivity index (χ0) is 10.8. The smallest absolute Gasteiger partial charge is 0.369 e. The fourth-order valence-corrected chi connectivity index (χ4v) is 1.23. The van der Waals surface area contributed by atoms with E-state index in [1.54, 1.807) is 6.07 Å². The lowest BCUT2D eigenvalue weighted by atomic mass is 9.87. The molecule has 2 nitrogen and oxygen atoms in total. The highest BCUT2D eigenvalue weighted by atomic mass is 32.1. The van der Waals surface area contributed by atoms with Crippen molar-refractivity contribution in [1.82, 2.24) is 0 Å². The van der Waals surface area contributed by atoms with Crippen molar-refractivity contribution in [2.75, 3.05) is 0 Å². The fraction of sp³-hybridized carbons (Fsp3) is 0.364. The largest absolute Gasteiger partial charge is 0.419 e. The van der Waals surface area contributed by atoms with Crippen LogP contribution in [0.4, 0.5) is 4.79 Å². The SMILES string of the molecule is CC(C)(C)c1cccc(OC(=O)S)c1. The predicted molar refractivity (Wildman–Crippen MR) is 60.2 cm³/mol. The minimum Gasteiger partial charge on any atom is -0.419 e. The third-order valence-electron chi connectivity index (χ3n) is 1.91. The molecule has 1 aromatic carbocycles. The van der Waals surface area contributed by atoms with Gasteiger partial charge in [-0.25, -0.2) is 4.79 Å². The lowest BCUT2D eigenvalue weighted by molar-refractivity contribution is 0.227. The maximum Gasteiger partial charge on any atom is 0.369 e. The highest BCUT2D eigenvalue weighted by molar-refractivity contribution is 7.96. The summed E-state index contributed by atoms with van der Waals surface area (Å²) in [4.78, 5) is 10.6. The number of benzene rings is 1. The van der Waals surface area contributed by atoms with Crippen molar-refractivity contribution < 1.29 is 9.53 Å². The number of ether oxygens (including phenoxy) is 1. The summed E-state index contributed by atoms with van der Waals surface area (Å²) in [6.07, 6.45) is 0. The number of carbonyl (C=O) groups is 1. The van der Waals surface area contributed by atoms with Crippen LogP contribution in [0.25, 0.3) is 0 Å². The summed E-state index contributed by atoms with van der Waals surface area (Å²) in [6, 6.07) is 7.47. The molecule has 14 heavy (non-hydrogen) atoms. The van der Waals surface area contributed by atoms with E-state index in [1.807, 2.05) is 18.2 Å². The van der Waals surface area contributed by atoms with Crippen molar-refractivity contribution in [3.63, 3.8) is 0 Å². The van der Waals surface area contributed by atoms with Crippen LogP contribution in [0.5, 0.6) is 5.75 Å². The first kappa shape index (κ1) is 11.1. The third kappa shape index (κ3) is 3.07.